The number of benzene rings is 3. The molecule has 0 saturated carbocycles. The van der Waals surface area contributed by atoms with Gasteiger partial charge in [0.2, 0.25) is 5.91 Å². The van der Waals surface area contributed by atoms with Crippen molar-refractivity contribution < 1.29 is 17.9 Å². The van der Waals surface area contributed by atoms with Crippen molar-refractivity contribution in [2.24, 2.45) is 5.92 Å². The van der Waals surface area contributed by atoms with Gasteiger partial charge in [-0.15, -0.1) is 0 Å². The molecule has 1 saturated heterocycles. The van der Waals surface area contributed by atoms with Gasteiger partial charge >= 0.3 is 0 Å². The van der Waals surface area contributed by atoms with Crippen molar-refractivity contribution in [2.75, 3.05) is 35.4 Å². The Morgan fingerprint density at radius 1 is 1.00 bits per heavy atom. The van der Waals surface area contributed by atoms with Gasteiger partial charge < -0.3 is 15.0 Å². The lowest BCUT2D eigenvalue weighted by Gasteiger charge is -2.32. The van der Waals surface area contributed by atoms with Crippen LogP contribution >= 0.6 is 0 Å². The average molecular weight is 550 g/mol. The zero-order valence-corrected chi connectivity index (χ0v) is 24.1. The molecule has 1 fully saturated rings. The maximum absolute atomic E-state index is 13.7. The second-order valence-electron chi connectivity index (χ2n) is 10.3. The highest BCUT2D eigenvalue weighted by Gasteiger charge is 2.28. The average Bonchev–Trinajstić information content (AvgIpc) is 2.93. The van der Waals surface area contributed by atoms with Crippen molar-refractivity contribution in [3.8, 4) is 5.75 Å². The number of anilines is 2. The first-order valence-electron chi connectivity index (χ1n) is 13.6. The van der Waals surface area contributed by atoms with Gasteiger partial charge in [-0.1, -0.05) is 36.8 Å². The predicted octanol–water partition coefficient (Wildman–Crippen LogP) is 5.70. The minimum absolute atomic E-state index is 0.130. The van der Waals surface area contributed by atoms with Crippen LogP contribution in [0.3, 0.4) is 0 Å². The quantitative estimate of drug-likeness (QED) is 0.351. The standard InChI is InChI=1S/C31H39N3O4S/c1-5-38-29-14-12-28(13-15-29)34(39(36,37)30-16-6-23(2)7-17-30)22-31(35)32-25(4)26-8-10-27(11-9-26)33-20-18-24(3)19-21-33/h6-17,24-25H,5,18-22H2,1-4H3,(H,32,35). The number of aryl methyl sites for hydroxylation is 1. The van der Waals surface area contributed by atoms with E-state index in [0.717, 1.165) is 34.4 Å². The molecule has 1 aliphatic heterocycles. The number of nitrogens with zero attached hydrogens (tertiary/aromatic N) is 2. The van der Waals surface area contributed by atoms with Gasteiger partial charge in [0.25, 0.3) is 10.0 Å². The van der Waals surface area contributed by atoms with Crippen LogP contribution in [0, 0.1) is 12.8 Å². The first-order valence-corrected chi connectivity index (χ1v) is 15.1. The van der Waals surface area contributed by atoms with Crippen LogP contribution in [-0.2, 0) is 14.8 Å². The summed E-state index contributed by atoms with van der Waals surface area (Å²) in [6.07, 6.45) is 2.40. The molecule has 3 aromatic rings. The highest BCUT2D eigenvalue weighted by Crippen LogP contribution is 2.27. The van der Waals surface area contributed by atoms with Crippen LogP contribution in [0.4, 0.5) is 11.4 Å². The van der Waals surface area contributed by atoms with E-state index in [2.05, 4.69) is 29.3 Å². The van der Waals surface area contributed by atoms with E-state index in [-0.39, 0.29) is 23.4 Å². The van der Waals surface area contributed by atoms with Crippen LogP contribution in [0.5, 0.6) is 5.75 Å². The Bertz CT molecular complexity index is 1330. The van der Waals surface area contributed by atoms with Crippen molar-refractivity contribution in [3.05, 3.63) is 83.9 Å². The van der Waals surface area contributed by atoms with Crippen molar-refractivity contribution in [1.82, 2.24) is 5.32 Å². The number of ether oxygens (including phenoxy) is 1. The van der Waals surface area contributed by atoms with Crippen LogP contribution in [0.1, 0.15) is 50.8 Å². The van der Waals surface area contributed by atoms with Crippen molar-refractivity contribution >= 4 is 27.3 Å². The number of hydrogen-bond donors (Lipinski definition) is 1. The van der Waals surface area contributed by atoms with Gasteiger partial charge in [0.1, 0.15) is 12.3 Å². The minimum atomic E-state index is -3.99. The Morgan fingerprint density at radius 3 is 2.21 bits per heavy atom. The Morgan fingerprint density at radius 2 is 1.62 bits per heavy atom. The summed E-state index contributed by atoms with van der Waals surface area (Å²) in [5.41, 5.74) is 3.50. The Balaban J connectivity index is 1.50. The molecule has 0 bridgehead atoms. The molecular formula is C31H39N3O4S. The van der Waals surface area contributed by atoms with Gasteiger partial charge in [0.05, 0.1) is 23.2 Å². The fourth-order valence-electron chi connectivity index (χ4n) is 4.77. The smallest absolute Gasteiger partial charge is 0.264 e. The number of amides is 1. The fourth-order valence-corrected chi connectivity index (χ4v) is 6.19. The van der Waals surface area contributed by atoms with Gasteiger partial charge in [-0.2, -0.15) is 0 Å². The number of nitrogens with one attached hydrogen (secondary N) is 1. The summed E-state index contributed by atoms with van der Waals surface area (Å²) in [4.78, 5) is 15.7. The molecule has 1 N–H and O–H groups in total. The number of carbonyl (C=O) groups excluding carboxylic acids is 1. The van der Waals surface area contributed by atoms with Crippen LogP contribution in [-0.4, -0.2) is 40.6 Å². The summed E-state index contributed by atoms with van der Waals surface area (Å²) in [5.74, 6) is 1.02. The third kappa shape index (κ3) is 7.12. The molecule has 1 atom stereocenters. The van der Waals surface area contributed by atoms with Gasteiger partial charge in [0.15, 0.2) is 0 Å². The molecule has 1 amide bonds. The molecule has 1 aliphatic rings. The lowest BCUT2D eigenvalue weighted by molar-refractivity contribution is -0.120. The van der Waals surface area contributed by atoms with Gasteiger partial charge in [-0.3, -0.25) is 9.10 Å². The number of rotatable bonds is 10. The van der Waals surface area contributed by atoms with E-state index in [0.29, 0.717) is 18.0 Å². The molecule has 0 radical (unpaired) electrons. The highest BCUT2D eigenvalue weighted by molar-refractivity contribution is 7.92. The van der Waals surface area contributed by atoms with Gasteiger partial charge in [-0.05, 0) is 93.6 Å². The second-order valence-corrected chi connectivity index (χ2v) is 12.2. The lowest BCUT2D eigenvalue weighted by atomic mass is 9.98. The first kappa shape index (κ1) is 28.5. The van der Waals surface area contributed by atoms with Crippen LogP contribution in [0.25, 0.3) is 0 Å². The van der Waals surface area contributed by atoms with E-state index in [4.69, 9.17) is 4.74 Å². The molecule has 0 spiro atoms. The predicted molar refractivity (Wildman–Crippen MR) is 157 cm³/mol. The molecule has 1 heterocycles. The zero-order chi connectivity index (χ0) is 28.0. The number of piperidine rings is 1. The third-order valence-corrected chi connectivity index (χ3v) is 9.04. The van der Waals surface area contributed by atoms with Crippen molar-refractivity contribution in [3.63, 3.8) is 0 Å². The maximum atomic E-state index is 13.7. The molecule has 0 aromatic heterocycles. The number of carbonyl (C=O) groups is 1. The van der Waals surface area contributed by atoms with E-state index >= 15 is 0 Å². The fraction of sp³-hybridized carbons (Fsp3) is 0.387. The van der Waals surface area contributed by atoms with Crippen LogP contribution in [0.2, 0.25) is 0 Å². The lowest BCUT2D eigenvalue weighted by Crippen LogP contribution is -2.41. The summed E-state index contributed by atoms with van der Waals surface area (Å²) >= 11 is 0. The summed E-state index contributed by atoms with van der Waals surface area (Å²) < 4.78 is 34.0. The summed E-state index contributed by atoms with van der Waals surface area (Å²) in [7, 11) is -3.99. The summed E-state index contributed by atoms with van der Waals surface area (Å²) in [5, 5.41) is 2.98. The molecule has 39 heavy (non-hydrogen) atoms. The highest BCUT2D eigenvalue weighted by atomic mass is 32.2. The molecule has 208 valence electrons. The third-order valence-electron chi connectivity index (χ3n) is 7.25. The van der Waals surface area contributed by atoms with E-state index in [1.54, 1.807) is 48.5 Å². The summed E-state index contributed by atoms with van der Waals surface area (Å²) in [6, 6.07) is 21.4. The van der Waals surface area contributed by atoms with E-state index in [1.165, 1.54) is 18.5 Å². The van der Waals surface area contributed by atoms with E-state index in [1.807, 2.05) is 32.9 Å². The molecule has 8 heteroatoms. The maximum Gasteiger partial charge on any atom is 0.264 e. The number of hydrogen-bond acceptors (Lipinski definition) is 5. The molecule has 1 unspecified atom stereocenters. The minimum Gasteiger partial charge on any atom is -0.494 e. The topological polar surface area (TPSA) is 79.0 Å². The molecule has 0 aliphatic carbocycles. The molecule has 3 aromatic carbocycles. The number of sulfonamides is 1. The normalized spacial score (nSPS) is 15.0. The zero-order valence-electron chi connectivity index (χ0n) is 23.3. The Kier molecular flexibility index (Phi) is 9.17. The summed E-state index contributed by atoms with van der Waals surface area (Å²) in [6.45, 7) is 10.3. The van der Waals surface area contributed by atoms with E-state index in [9.17, 15) is 13.2 Å². The van der Waals surface area contributed by atoms with E-state index < -0.39 is 10.0 Å². The van der Waals surface area contributed by atoms with Gasteiger partial charge in [-0.25, -0.2) is 8.42 Å². The molecular weight excluding hydrogens is 510 g/mol. The largest absolute Gasteiger partial charge is 0.494 e. The molecule has 7 nitrogen and oxygen atoms in total. The van der Waals surface area contributed by atoms with Crippen LogP contribution in [0.15, 0.2) is 77.7 Å². The van der Waals surface area contributed by atoms with Crippen LogP contribution < -0.4 is 19.3 Å². The monoisotopic (exact) mass is 549 g/mol. The SMILES string of the molecule is CCOc1ccc(N(CC(=O)NC(C)c2ccc(N3CCC(C)CC3)cc2)S(=O)(=O)c2ccc(C)cc2)cc1. The Labute approximate surface area is 232 Å². The second kappa shape index (κ2) is 12.6. The first-order chi connectivity index (χ1) is 18.7. The molecule has 4 rings (SSSR count). The van der Waals surface area contributed by atoms with Gasteiger partial charge in [0, 0.05) is 18.8 Å². The van der Waals surface area contributed by atoms with Crippen molar-refractivity contribution in [2.45, 2.75) is 51.5 Å². The Hall–Kier alpha value is -3.52. The van der Waals surface area contributed by atoms with Crippen molar-refractivity contribution in [1.29, 1.82) is 0 Å².